The van der Waals surface area contributed by atoms with Crippen molar-refractivity contribution in [2.75, 3.05) is 46.8 Å². The van der Waals surface area contributed by atoms with E-state index in [9.17, 15) is 9.59 Å². The van der Waals surface area contributed by atoms with Crippen molar-refractivity contribution in [3.63, 3.8) is 0 Å². The van der Waals surface area contributed by atoms with Gasteiger partial charge < -0.3 is 15.5 Å². The predicted molar refractivity (Wildman–Crippen MR) is 79.5 cm³/mol. The zero-order valence-electron chi connectivity index (χ0n) is 12.9. The molecule has 6 heteroatoms. The Morgan fingerprint density at radius 3 is 2.80 bits per heavy atom. The molecule has 1 aliphatic rings. The van der Waals surface area contributed by atoms with E-state index in [1.165, 1.54) is 4.90 Å². The van der Waals surface area contributed by atoms with Crippen LogP contribution in [-0.4, -0.2) is 74.5 Å². The molecule has 0 aromatic carbocycles. The lowest BCUT2D eigenvalue weighted by Crippen LogP contribution is -2.46. The van der Waals surface area contributed by atoms with Crippen LogP contribution in [0, 0.1) is 0 Å². The third-order valence-electron chi connectivity index (χ3n) is 3.66. The summed E-state index contributed by atoms with van der Waals surface area (Å²) in [5.74, 6) is -0.0736. The normalized spacial score (nSPS) is 19.1. The molecule has 20 heavy (non-hydrogen) atoms. The van der Waals surface area contributed by atoms with E-state index in [2.05, 4.69) is 15.5 Å². The summed E-state index contributed by atoms with van der Waals surface area (Å²) in [6, 6.07) is 0.436. The fourth-order valence-corrected chi connectivity index (χ4v) is 2.49. The number of nitrogens with one attached hydrogen (secondary N) is 2. The van der Waals surface area contributed by atoms with Crippen molar-refractivity contribution in [2.45, 2.75) is 32.2 Å². The van der Waals surface area contributed by atoms with E-state index in [4.69, 9.17) is 0 Å². The maximum absolute atomic E-state index is 12.1. The first-order chi connectivity index (χ1) is 9.58. The van der Waals surface area contributed by atoms with Gasteiger partial charge in [0.2, 0.25) is 11.8 Å². The quantitative estimate of drug-likeness (QED) is 0.640. The molecule has 1 rings (SSSR count). The second kappa shape index (κ2) is 8.92. The topological polar surface area (TPSA) is 64.7 Å². The van der Waals surface area contributed by atoms with Gasteiger partial charge in [0.1, 0.15) is 0 Å². The Labute approximate surface area is 121 Å². The molecule has 0 saturated carbocycles. The van der Waals surface area contributed by atoms with E-state index >= 15 is 0 Å². The molecule has 6 nitrogen and oxygen atoms in total. The van der Waals surface area contributed by atoms with Crippen molar-refractivity contribution in [1.82, 2.24) is 20.4 Å². The van der Waals surface area contributed by atoms with Gasteiger partial charge in [0.05, 0.1) is 13.1 Å². The van der Waals surface area contributed by atoms with Gasteiger partial charge in [-0.3, -0.25) is 14.5 Å². The van der Waals surface area contributed by atoms with Crippen molar-refractivity contribution < 1.29 is 9.59 Å². The fraction of sp³-hybridized carbons (Fsp3) is 0.857. The Balaban J connectivity index is 2.35. The summed E-state index contributed by atoms with van der Waals surface area (Å²) in [5.41, 5.74) is 0. The van der Waals surface area contributed by atoms with E-state index < -0.39 is 0 Å². The third kappa shape index (κ3) is 5.46. The zero-order valence-corrected chi connectivity index (χ0v) is 12.9. The third-order valence-corrected chi connectivity index (χ3v) is 3.66. The van der Waals surface area contributed by atoms with E-state index in [0.29, 0.717) is 19.1 Å². The van der Waals surface area contributed by atoms with Gasteiger partial charge in [-0.05, 0) is 32.9 Å². The summed E-state index contributed by atoms with van der Waals surface area (Å²) in [7, 11) is 3.62. The van der Waals surface area contributed by atoms with Crippen molar-refractivity contribution in [1.29, 1.82) is 0 Å². The first kappa shape index (κ1) is 16.9. The lowest BCUT2D eigenvalue weighted by atomic mass is 10.2. The molecule has 0 aromatic heterocycles. The first-order valence-corrected chi connectivity index (χ1v) is 7.47. The molecule has 0 bridgehead atoms. The molecule has 0 radical (unpaired) electrons. The van der Waals surface area contributed by atoms with Gasteiger partial charge in [0.15, 0.2) is 0 Å². The molecular formula is C14H28N4O2. The molecule has 1 unspecified atom stereocenters. The van der Waals surface area contributed by atoms with Crippen LogP contribution in [0.15, 0.2) is 0 Å². The lowest BCUT2D eigenvalue weighted by Gasteiger charge is -2.26. The molecule has 1 saturated heterocycles. The molecule has 1 fully saturated rings. The number of carbonyl (C=O) groups excluding carboxylic acids is 2. The number of hydrogen-bond acceptors (Lipinski definition) is 4. The highest BCUT2D eigenvalue weighted by molar-refractivity contribution is 5.85. The SMILES string of the molecule is CCCNC(=O)CN(C)C(=O)CN1CCCC1CNC. The number of amides is 2. The van der Waals surface area contributed by atoms with Crippen LogP contribution < -0.4 is 10.6 Å². The monoisotopic (exact) mass is 284 g/mol. The second-order valence-electron chi connectivity index (χ2n) is 5.42. The standard InChI is InChI=1S/C14H28N4O2/c1-4-7-16-13(19)10-17(3)14(20)11-18-8-5-6-12(18)9-15-2/h12,15H,4-11H2,1-3H3,(H,16,19). The highest BCUT2D eigenvalue weighted by Crippen LogP contribution is 2.16. The predicted octanol–water partition coefficient (Wildman–Crippen LogP) is -0.345. The lowest BCUT2D eigenvalue weighted by molar-refractivity contribution is -0.135. The number of likely N-dealkylation sites (N-methyl/N-ethyl adjacent to an activating group) is 2. The first-order valence-electron chi connectivity index (χ1n) is 7.47. The van der Waals surface area contributed by atoms with Crippen LogP contribution in [0.5, 0.6) is 0 Å². The van der Waals surface area contributed by atoms with Gasteiger partial charge >= 0.3 is 0 Å². The Morgan fingerprint density at radius 2 is 2.15 bits per heavy atom. The molecule has 2 amide bonds. The summed E-state index contributed by atoms with van der Waals surface area (Å²) in [6.07, 6.45) is 3.18. The van der Waals surface area contributed by atoms with E-state index in [1.54, 1.807) is 7.05 Å². The van der Waals surface area contributed by atoms with Crippen LogP contribution in [0.3, 0.4) is 0 Å². The Kier molecular flexibility index (Phi) is 7.54. The highest BCUT2D eigenvalue weighted by Gasteiger charge is 2.26. The molecule has 1 heterocycles. The van der Waals surface area contributed by atoms with E-state index in [1.807, 2.05) is 14.0 Å². The van der Waals surface area contributed by atoms with Gasteiger partial charge in [0.25, 0.3) is 0 Å². The van der Waals surface area contributed by atoms with Crippen molar-refractivity contribution >= 4 is 11.8 Å². The molecule has 2 N–H and O–H groups in total. The average molecular weight is 284 g/mol. The van der Waals surface area contributed by atoms with E-state index in [0.717, 1.165) is 32.4 Å². The van der Waals surface area contributed by atoms with Crippen molar-refractivity contribution in [3.8, 4) is 0 Å². The minimum atomic E-state index is -0.0871. The Hall–Kier alpha value is -1.14. The molecule has 1 aliphatic heterocycles. The van der Waals surface area contributed by atoms with Gasteiger partial charge in [0, 0.05) is 26.2 Å². The maximum atomic E-state index is 12.1. The second-order valence-corrected chi connectivity index (χ2v) is 5.42. The van der Waals surface area contributed by atoms with Crippen LogP contribution >= 0.6 is 0 Å². The van der Waals surface area contributed by atoms with Crippen molar-refractivity contribution in [2.24, 2.45) is 0 Å². The van der Waals surface area contributed by atoms with Crippen LogP contribution in [0.1, 0.15) is 26.2 Å². The molecule has 0 aromatic rings. The van der Waals surface area contributed by atoms with Gasteiger partial charge in [-0.15, -0.1) is 0 Å². The van der Waals surface area contributed by atoms with Crippen LogP contribution in [0.2, 0.25) is 0 Å². The van der Waals surface area contributed by atoms with Crippen LogP contribution in [0.4, 0.5) is 0 Å². The molecule has 0 aliphatic carbocycles. The van der Waals surface area contributed by atoms with E-state index in [-0.39, 0.29) is 18.4 Å². The Bertz CT molecular complexity index is 322. The number of rotatable bonds is 8. The number of nitrogens with zero attached hydrogens (tertiary/aromatic N) is 2. The zero-order chi connectivity index (χ0) is 15.0. The van der Waals surface area contributed by atoms with Crippen LogP contribution in [-0.2, 0) is 9.59 Å². The van der Waals surface area contributed by atoms with Gasteiger partial charge in [-0.2, -0.15) is 0 Å². The van der Waals surface area contributed by atoms with Crippen molar-refractivity contribution in [3.05, 3.63) is 0 Å². The minimum Gasteiger partial charge on any atom is -0.355 e. The maximum Gasteiger partial charge on any atom is 0.239 e. The Morgan fingerprint density at radius 1 is 1.40 bits per heavy atom. The number of hydrogen-bond donors (Lipinski definition) is 2. The van der Waals surface area contributed by atoms with Crippen LogP contribution in [0.25, 0.3) is 0 Å². The smallest absolute Gasteiger partial charge is 0.239 e. The summed E-state index contributed by atoms with van der Waals surface area (Å²) in [4.78, 5) is 27.5. The number of likely N-dealkylation sites (tertiary alicyclic amines) is 1. The number of carbonyl (C=O) groups is 2. The largest absolute Gasteiger partial charge is 0.355 e. The summed E-state index contributed by atoms with van der Waals surface area (Å²) < 4.78 is 0. The minimum absolute atomic E-state index is 0.0136. The molecule has 1 atom stereocenters. The van der Waals surface area contributed by atoms with Gasteiger partial charge in [-0.25, -0.2) is 0 Å². The summed E-state index contributed by atoms with van der Waals surface area (Å²) in [5, 5.41) is 5.95. The molecule has 0 spiro atoms. The fourth-order valence-electron chi connectivity index (χ4n) is 2.49. The highest BCUT2D eigenvalue weighted by atomic mass is 16.2. The van der Waals surface area contributed by atoms with Gasteiger partial charge in [-0.1, -0.05) is 6.92 Å². The molecule has 116 valence electrons. The summed E-state index contributed by atoms with van der Waals surface area (Å²) >= 11 is 0. The summed E-state index contributed by atoms with van der Waals surface area (Å²) in [6.45, 7) is 5.09. The average Bonchev–Trinajstić information content (AvgIpc) is 2.84. The molecular weight excluding hydrogens is 256 g/mol.